The second kappa shape index (κ2) is 7.01. The molecule has 0 aliphatic rings. The highest BCUT2D eigenvalue weighted by Gasteiger charge is 2.31. The van der Waals surface area contributed by atoms with Crippen molar-refractivity contribution >= 4 is 0 Å². The summed E-state index contributed by atoms with van der Waals surface area (Å²) in [5.41, 5.74) is 0.458. The van der Waals surface area contributed by atoms with Gasteiger partial charge in [-0.15, -0.1) is 0 Å². The number of aryl methyl sites for hydroxylation is 1. The van der Waals surface area contributed by atoms with Crippen molar-refractivity contribution in [3.05, 3.63) is 48.3 Å². The van der Waals surface area contributed by atoms with Gasteiger partial charge in [-0.3, -0.25) is 0 Å². The molecule has 0 aliphatic heterocycles. The van der Waals surface area contributed by atoms with Gasteiger partial charge in [-0.25, -0.2) is 14.1 Å². The minimum atomic E-state index is -0.546. The quantitative estimate of drug-likeness (QED) is 0.890. The van der Waals surface area contributed by atoms with Gasteiger partial charge in [0.2, 0.25) is 0 Å². The molecule has 1 N–H and O–H groups in total. The van der Waals surface area contributed by atoms with Crippen LogP contribution >= 0.6 is 0 Å². The molecule has 0 aliphatic carbocycles. The van der Waals surface area contributed by atoms with Crippen molar-refractivity contribution in [2.24, 2.45) is 5.41 Å². The van der Waals surface area contributed by atoms with Crippen LogP contribution in [0.2, 0.25) is 0 Å². The van der Waals surface area contributed by atoms with Crippen LogP contribution < -0.4 is 0 Å². The Bertz CT molecular complexity index is 578. The monoisotopic (exact) mass is 305 g/mol. The van der Waals surface area contributed by atoms with Crippen molar-refractivity contribution in [3.8, 4) is 0 Å². The number of rotatable bonds is 6. The number of aromatic nitrogens is 3. The molecule has 22 heavy (non-hydrogen) atoms. The largest absolute Gasteiger partial charge is 0.390 e. The zero-order chi connectivity index (χ0) is 16.2. The number of hydrogen-bond donors (Lipinski definition) is 1. The number of aliphatic hydroxyl groups excluding tert-OH is 1. The van der Waals surface area contributed by atoms with E-state index < -0.39 is 6.10 Å². The molecular weight excluding hydrogens is 281 g/mol. The van der Waals surface area contributed by atoms with Crippen molar-refractivity contribution in [2.45, 2.75) is 52.2 Å². The third-order valence-corrected chi connectivity index (χ3v) is 3.93. The molecular formula is C17H24FN3O. The van der Waals surface area contributed by atoms with Crippen LogP contribution in [0.1, 0.15) is 45.2 Å². The van der Waals surface area contributed by atoms with Crippen LogP contribution in [0, 0.1) is 11.2 Å². The van der Waals surface area contributed by atoms with Crippen LogP contribution in [0.5, 0.6) is 0 Å². The van der Waals surface area contributed by atoms with E-state index in [1.807, 2.05) is 26.8 Å². The highest BCUT2D eigenvalue weighted by atomic mass is 19.1. The summed E-state index contributed by atoms with van der Waals surface area (Å²) in [4.78, 5) is 3.97. The zero-order valence-electron chi connectivity index (χ0n) is 13.4. The molecule has 0 radical (unpaired) electrons. The summed E-state index contributed by atoms with van der Waals surface area (Å²) >= 11 is 0. The molecule has 0 spiro atoms. The second-order valence-corrected chi connectivity index (χ2v) is 6.74. The lowest BCUT2D eigenvalue weighted by Gasteiger charge is -2.33. The molecule has 1 aromatic carbocycles. The second-order valence-electron chi connectivity index (χ2n) is 6.74. The molecule has 2 rings (SSSR count). The average Bonchev–Trinajstić information content (AvgIpc) is 2.97. The van der Waals surface area contributed by atoms with E-state index in [0.29, 0.717) is 12.0 Å². The van der Waals surface area contributed by atoms with Crippen molar-refractivity contribution in [1.82, 2.24) is 14.8 Å². The van der Waals surface area contributed by atoms with Crippen LogP contribution in [0.15, 0.2) is 36.9 Å². The predicted molar refractivity (Wildman–Crippen MR) is 83.9 cm³/mol. The molecule has 5 heteroatoms. The molecule has 1 aromatic heterocycles. The molecule has 0 bridgehead atoms. The number of nitrogens with zero attached hydrogens (tertiary/aromatic N) is 3. The third kappa shape index (κ3) is 4.13. The Hall–Kier alpha value is -1.75. The van der Waals surface area contributed by atoms with Crippen molar-refractivity contribution in [3.63, 3.8) is 0 Å². The van der Waals surface area contributed by atoms with Crippen molar-refractivity contribution in [1.29, 1.82) is 0 Å². The molecule has 2 aromatic rings. The first-order chi connectivity index (χ1) is 10.4. The van der Waals surface area contributed by atoms with Gasteiger partial charge in [0.05, 0.1) is 12.1 Å². The fourth-order valence-corrected chi connectivity index (χ4v) is 2.60. The Balaban J connectivity index is 2.03. The number of aliphatic hydroxyl groups is 1. The minimum absolute atomic E-state index is 0.158. The fraction of sp³-hybridized carbons (Fsp3) is 0.529. The molecule has 120 valence electrons. The normalized spacial score (nSPS) is 14.8. The molecule has 0 amide bonds. The van der Waals surface area contributed by atoms with E-state index in [9.17, 15) is 9.50 Å². The van der Waals surface area contributed by atoms with E-state index in [-0.39, 0.29) is 17.3 Å². The molecule has 0 fully saturated rings. The maximum atomic E-state index is 13.7. The topological polar surface area (TPSA) is 50.9 Å². The van der Waals surface area contributed by atoms with Crippen LogP contribution in [0.3, 0.4) is 0 Å². The van der Waals surface area contributed by atoms with Gasteiger partial charge in [0.25, 0.3) is 0 Å². The Morgan fingerprint density at radius 1 is 1.27 bits per heavy atom. The van der Waals surface area contributed by atoms with Crippen molar-refractivity contribution in [2.75, 3.05) is 0 Å². The van der Waals surface area contributed by atoms with Gasteiger partial charge in [0.15, 0.2) is 0 Å². The molecule has 2 unspecified atom stereocenters. The maximum absolute atomic E-state index is 13.7. The Kier molecular flexibility index (Phi) is 5.29. The molecule has 2 atom stereocenters. The summed E-state index contributed by atoms with van der Waals surface area (Å²) in [6, 6.07) is 6.67. The smallest absolute Gasteiger partial charge is 0.137 e. The Morgan fingerprint density at radius 3 is 2.59 bits per heavy atom. The lowest BCUT2D eigenvalue weighted by Crippen LogP contribution is -2.36. The SMILES string of the molecule is CC(C)(C)C(O)C(CCCc1ccccc1F)n1cncn1. The van der Waals surface area contributed by atoms with Gasteiger partial charge in [0.1, 0.15) is 18.5 Å². The first kappa shape index (κ1) is 16.6. The minimum Gasteiger partial charge on any atom is -0.390 e. The van der Waals surface area contributed by atoms with Gasteiger partial charge in [-0.1, -0.05) is 39.0 Å². The van der Waals surface area contributed by atoms with E-state index in [4.69, 9.17) is 0 Å². The summed E-state index contributed by atoms with van der Waals surface area (Å²) in [6.07, 6.45) is 4.70. The van der Waals surface area contributed by atoms with Gasteiger partial charge in [-0.2, -0.15) is 5.10 Å². The number of benzene rings is 1. The van der Waals surface area contributed by atoms with Crippen LogP contribution in [-0.2, 0) is 6.42 Å². The average molecular weight is 305 g/mol. The summed E-state index contributed by atoms with van der Waals surface area (Å²) in [6.45, 7) is 6.00. The van der Waals surface area contributed by atoms with Crippen molar-refractivity contribution < 1.29 is 9.50 Å². The van der Waals surface area contributed by atoms with Crippen LogP contribution in [0.25, 0.3) is 0 Å². The van der Waals surface area contributed by atoms with Gasteiger partial charge < -0.3 is 5.11 Å². The Labute approximate surface area is 131 Å². The van der Waals surface area contributed by atoms with Crippen LogP contribution in [-0.4, -0.2) is 26.0 Å². The molecule has 4 nitrogen and oxygen atoms in total. The van der Waals surface area contributed by atoms with E-state index in [0.717, 1.165) is 12.8 Å². The van der Waals surface area contributed by atoms with E-state index in [1.54, 1.807) is 23.1 Å². The standard InChI is InChI=1S/C17H24FN3O/c1-17(2,3)16(22)15(21-12-19-11-20-21)10-6-8-13-7-4-5-9-14(13)18/h4-5,7,9,11-12,15-16,22H,6,8,10H2,1-3H3. The summed E-state index contributed by atoms with van der Waals surface area (Å²) in [5, 5.41) is 14.8. The first-order valence-corrected chi connectivity index (χ1v) is 7.65. The van der Waals surface area contributed by atoms with E-state index in [1.165, 1.54) is 12.4 Å². The lowest BCUT2D eigenvalue weighted by molar-refractivity contribution is 0.00868. The summed E-state index contributed by atoms with van der Waals surface area (Å²) < 4.78 is 15.4. The van der Waals surface area contributed by atoms with Crippen LogP contribution in [0.4, 0.5) is 4.39 Å². The number of halogens is 1. The summed E-state index contributed by atoms with van der Waals surface area (Å²) in [5.74, 6) is -0.170. The zero-order valence-corrected chi connectivity index (χ0v) is 13.4. The first-order valence-electron chi connectivity index (χ1n) is 7.65. The fourth-order valence-electron chi connectivity index (χ4n) is 2.60. The molecule has 0 saturated carbocycles. The number of hydrogen-bond acceptors (Lipinski definition) is 3. The van der Waals surface area contributed by atoms with E-state index in [2.05, 4.69) is 10.1 Å². The third-order valence-electron chi connectivity index (χ3n) is 3.93. The summed E-state index contributed by atoms with van der Waals surface area (Å²) in [7, 11) is 0. The highest BCUT2D eigenvalue weighted by molar-refractivity contribution is 5.17. The Morgan fingerprint density at radius 2 is 2.00 bits per heavy atom. The van der Waals surface area contributed by atoms with E-state index >= 15 is 0 Å². The highest BCUT2D eigenvalue weighted by Crippen LogP contribution is 2.31. The molecule has 1 heterocycles. The van der Waals surface area contributed by atoms with Gasteiger partial charge >= 0.3 is 0 Å². The predicted octanol–water partition coefficient (Wildman–Crippen LogP) is 3.39. The van der Waals surface area contributed by atoms with Gasteiger partial charge in [0, 0.05) is 0 Å². The maximum Gasteiger partial charge on any atom is 0.137 e. The molecule has 0 saturated heterocycles. The van der Waals surface area contributed by atoms with Gasteiger partial charge in [-0.05, 0) is 36.3 Å². The lowest BCUT2D eigenvalue weighted by atomic mass is 9.83.